The lowest BCUT2D eigenvalue weighted by molar-refractivity contribution is -0.131. The van der Waals surface area contributed by atoms with Crippen molar-refractivity contribution in [3.05, 3.63) is 0 Å². The van der Waals surface area contributed by atoms with E-state index in [1.54, 1.807) is 0 Å². The summed E-state index contributed by atoms with van der Waals surface area (Å²) in [4.78, 5) is 23.7. The first-order chi connectivity index (χ1) is 9.18. The van der Waals surface area contributed by atoms with Gasteiger partial charge in [-0.1, -0.05) is 19.3 Å². The number of imide groups is 1. The number of aliphatic hydroxyl groups is 1. The smallest absolute Gasteiger partial charge is 0.233 e. The molecular formula is C14H21NO4. The zero-order valence-corrected chi connectivity index (χ0v) is 11.1. The monoisotopic (exact) mass is 267 g/mol. The molecule has 3 rings (SSSR count). The molecule has 0 spiro atoms. The number of nitrogens with one attached hydrogen (secondary N) is 1. The van der Waals surface area contributed by atoms with Gasteiger partial charge in [-0.2, -0.15) is 0 Å². The fourth-order valence-corrected chi connectivity index (χ4v) is 4.06. The van der Waals surface area contributed by atoms with E-state index in [9.17, 15) is 9.59 Å². The third-order valence-electron chi connectivity index (χ3n) is 4.90. The predicted octanol–water partition coefficient (Wildman–Crippen LogP) is 0.749. The summed E-state index contributed by atoms with van der Waals surface area (Å²) >= 11 is 0. The highest BCUT2D eigenvalue weighted by molar-refractivity contribution is 6.06. The molecule has 3 heterocycles. The molecule has 5 nitrogen and oxygen atoms in total. The SMILES string of the molecule is O=C1NC(=O)C2C1C1CCC2(CCCCCCO)O1. The van der Waals surface area contributed by atoms with Gasteiger partial charge in [0.15, 0.2) is 0 Å². The Balaban J connectivity index is 1.63. The van der Waals surface area contributed by atoms with E-state index in [4.69, 9.17) is 9.84 Å². The normalized spacial score (nSPS) is 39.7. The van der Waals surface area contributed by atoms with E-state index in [0.717, 1.165) is 44.9 Å². The van der Waals surface area contributed by atoms with Gasteiger partial charge in [0.2, 0.25) is 11.8 Å². The average Bonchev–Trinajstić information content (AvgIpc) is 3.01. The van der Waals surface area contributed by atoms with Crippen molar-refractivity contribution in [1.29, 1.82) is 0 Å². The summed E-state index contributed by atoms with van der Waals surface area (Å²) in [6.07, 6.45) is 6.50. The fraction of sp³-hybridized carbons (Fsp3) is 0.857. The number of amides is 2. The number of hydrogen-bond donors (Lipinski definition) is 2. The Morgan fingerprint density at radius 1 is 1.21 bits per heavy atom. The second kappa shape index (κ2) is 4.87. The number of hydrogen-bond acceptors (Lipinski definition) is 4. The Morgan fingerprint density at radius 2 is 2.00 bits per heavy atom. The van der Waals surface area contributed by atoms with Crippen LogP contribution in [0.15, 0.2) is 0 Å². The lowest BCUT2D eigenvalue weighted by Crippen LogP contribution is -2.40. The van der Waals surface area contributed by atoms with Crippen molar-refractivity contribution >= 4 is 11.8 Å². The van der Waals surface area contributed by atoms with Gasteiger partial charge in [0.25, 0.3) is 0 Å². The molecule has 3 aliphatic rings. The van der Waals surface area contributed by atoms with Crippen LogP contribution in [0.2, 0.25) is 0 Å². The number of fused-ring (bicyclic) bond motifs is 5. The summed E-state index contributed by atoms with van der Waals surface area (Å²) in [5.41, 5.74) is -0.384. The molecule has 19 heavy (non-hydrogen) atoms. The average molecular weight is 267 g/mol. The summed E-state index contributed by atoms with van der Waals surface area (Å²) in [6.45, 7) is 0.241. The van der Waals surface area contributed by atoms with E-state index < -0.39 is 0 Å². The minimum Gasteiger partial charge on any atom is -0.396 e. The first-order valence-corrected chi connectivity index (χ1v) is 7.31. The molecule has 0 aliphatic carbocycles. The Bertz CT molecular complexity index is 397. The maximum Gasteiger partial charge on any atom is 0.233 e. The first-order valence-electron chi connectivity index (χ1n) is 7.31. The van der Waals surface area contributed by atoms with Gasteiger partial charge in [-0.15, -0.1) is 0 Å². The zero-order chi connectivity index (χ0) is 13.5. The zero-order valence-electron chi connectivity index (χ0n) is 11.1. The van der Waals surface area contributed by atoms with Crippen molar-refractivity contribution < 1.29 is 19.4 Å². The van der Waals surface area contributed by atoms with E-state index in [-0.39, 0.29) is 42.0 Å². The molecule has 3 fully saturated rings. The molecule has 0 aromatic carbocycles. The Labute approximate surface area is 112 Å². The molecule has 4 unspecified atom stereocenters. The maximum absolute atomic E-state index is 12.0. The van der Waals surface area contributed by atoms with Crippen molar-refractivity contribution in [2.45, 2.75) is 56.7 Å². The molecule has 0 saturated carbocycles. The molecule has 4 atom stereocenters. The van der Waals surface area contributed by atoms with Crippen molar-refractivity contribution in [1.82, 2.24) is 5.32 Å². The number of rotatable bonds is 6. The van der Waals surface area contributed by atoms with Crippen LogP contribution >= 0.6 is 0 Å². The van der Waals surface area contributed by atoms with Gasteiger partial charge in [-0.3, -0.25) is 14.9 Å². The molecule has 3 aliphatic heterocycles. The summed E-state index contributed by atoms with van der Waals surface area (Å²) in [6, 6.07) is 0. The van der Waals surface area contributed by atoms with Crippen LogP contribution in [0.25, 0.3) is 0 Å². The molecule has 2 bridgehead atoms. The Kier molecular flexibility index (Phi) is 3.35. The maximum atomic E-state index is 12.0. The second-order valence-electron chi connectivity index (χ2n) is 6.00. The molecule has 2 amide bonds. The molecule has 2 N–H and O–H groups in total. The van der Waals surface area contributed by atoms with Crippen molar-refractivity contribution in [3.63, 3.8) is 0 Å². The fourth-order valence-electron chi connectivity index (χ4n) is 4.06. The topological polar surface area (TPSA) is 75.6 Å². The van der Waals surface area contributed by atoms with E-state index in [0.29, 0.717) is 0 Å². The lowest BCUT2D eigenvalue weighted by atomic mass is 9.71. The third-order valence-corrected chi connectivity index (χ3v) is 4.90. The molecule has 106 valence electrons. The third kappa shape index (κ3) is 1.99. The lowest BCUT2D eigenvalue weighted by Gasteiger charge is -2.30. The van der Waals surface area contributed by atoms with Crippen LogP contribution in [0.1, 0.15) is 44.9 Å². The largest absolute Gasteiger partial charge is 0.396 e. The number of ether oxygens (including phenoxy) is 1. The van der Waals surface area contributed by atoms with E-state index in [1.165, 1.54) is 0 Å². The van der Waals surface area contributed by atoms with Gasteiger partial charge in [0.1, 0.15) is 0 Å². The molecule has 5 heteroatoms. The van der Waals surface area contributed by atoms with Crippen LogP contribution < -0.4 is 5.32 Å². The number of unbranched alkanes of at least 4 members (excludes halogenated alkanes) is 3. The Morgan fingerprint density at radius 3 is 2.79 bits per heavy atom. The van der Waals surface area contributed by atoms with Gasteiger partial charge in [-0.05, 0) is 25.7 Å². The second-order valence-corrected chi connectivity index (χ2v) is 6.00. The van der Waals surface area contributed by atoms with E-state index >= 15 is 0 Å². The van der Waals surface area contributed by atoms with Crippen LogP contribution in [-0.2, 0) is 14.3 Å². The summed E-state index contributed by atoms with van der Waals surface area (Å²) < 4.78 is 6.04. The minimum atomic E-state index is -0.384. The minimum absolute atomic E-state index is 0.0473. The first kappa shape index (κ1) is 13.1. The summed E-state index contributed by atoms with van der Waals surface area (Å²) in [5.74, 6) is -0.760. The molecule has 3 saturated heterocycles. The van der Waals surface area contributed by atoms with Crippen molar-refractivity contribution in [3.8, 4) is 0 Å². The summed E-state index contributed by atoms with van der Waals surface area (Å²) in [7, 11) is 0. The van der Waals surface area contributed by atoms with Crippen LogP contribution in [0.3, 0.4) is 0 Å². The quantitative estimate of drug-likeness (QED) is 0.550. The predicted molar refractivity (Wildman–Crippen MR) is 67.1 cm³/mol. The van der Waals surface area contributed by atoms with Gasteiger partial charge < -0.3 is 9.84 Å². The van der Waals surface area contributed by atoms with Gasteiger partial charge in [0, 0.05) is 6.61 Å². The highest BCUT2D eigenvalue weighted by atomic mass is 16.5. The summed E-state index contributed by atoms with van der Waals surface area (Å²) in [5, 5.41) is 11.2. The van der Waals surface area contributed by atoms with E-state index in [2.05, 4.69) is 5.32 Å². The number of carbonyl (C=O) groups excluding carboxylic acids is 2. The molecular weight excluding hydrogens is 246 g/mol. The van der Waals surface area contributed by atoms with Crippen LogP contribution in [0, 0.1) is 11.8 Å². The van der Waals surface area contributed by atoms with Crippen LogP contribution in [0.5, 0.6) is 0 Å². The van der Waals surface area contributed by atoms with E-state index in [1.807, 2.05) is 0 Å². The highest BCUT2D eigenvalue weighted by Crippen LogP contribution is 2.55. The molecule has 0 aromatic rings. The molecule has 0 aromatic heterocycles. The van der Waals surface area contributed by atoms with Crippen LogP contribution in [-0.4, -0.2) is 35.2 Å². The molecule has 0 radical (unpaired) electrons. The van der Waals surface area contributed by atoms with Gasteiger partial charge in [-0.25, -0.2) is 0 Å². The van der Waals surface area contributed by atoms with Gasteiger partial charge >= 0.3 is 0 Å². The number of carbonyl (C=O) groups is 2. The van der Waals surface area contributed by atoms with Crippen LogP contribution in [0.4, 0.5) is 0 Å². The highest BCUT2D eigenvalue weighted by Gasteiger charge is 2.66. The Hall–Kier alpha value is -0.940. The van der Waals surface area contributed by atoms with Crippen molar-refractivity contribution in [2.75, 3.05) is 6.61 Å². The van der Waals surface area contributed by atoms with Crippen molar-refractivity contribution in [2.24, 2.45) is 11.8 Å². The standard InChI is InChI=1S/C14H21NO4/c16-8-4-2-1-3-6-14-7-5-9(19-14)10-11(14)13(18)15-12(10)17/h9-11,16H,1-8H2,(H,15,17,18). The number of aliphatic hydroxyl groups excluding tert-OH is 1. The van der Waals surface area contributed by atoms with Gasteiger partial charge in [0.05, 0.1) is 23.5 Å².